The van der Waals surface area contributed by atoms with Crippen LogP contribution < -0.4 is 5.32 Å². The number of benzene rings is 1. The number of halogens is 6. The molecule has 22 heavy (non-hydrogen) atoms. The standard InChI is InChI=1S/C13H9F6NO2/c1-20-11-8(9(21)10(22-11)13(17,18)19)6-3-2-4-7(5-6)12(14,15)16/h2-5,20-21H,1H3. The molecule has 1 heterocycles. The summed E-state index contributed by atoms with van der Waals surface area (Å²) in [5.74, 6) is -3.43. The second-order valence-corrected chi connectivity index (χ2v) is 4.31. The fourth-order valence-electron chi connectivity index (χ4n) is 1.91. The van der Waals surface area contributed by atoms with Gasteiger partial charge < -0.3 is 14.8 Å². The lowest BCUT2D eigenvalue weighted by Gasteiger charge is -2.09. The van der Waals surface area contributed by atoms with Gasteiger partial charge in [0.2, 0.25) is 5.88 Å². The Morgan fingerprint density at radius 1 is 1.05 bits per heavy atom. The predicted octanol–water partition coefficient (Wildman–Crippen LogP) is 4.73. The number of furan rings is 1. The first-order valence-corrected chi connectivity index (χ1v) is 5.84. The van der Waals surface area contributed by atoms with Crippen LogP contribution in [0.2, 0.25) is 0 Å². The minimum Gasteiger partial charge on any atom is -0.504 e. The first kappa shape index (κ1) is 16.1. The van der Waals surface area contributed by atoms with Crippen molar-refractivity contribution in [2.45, 2.75) is 12.4 Å². The van der Waals surface area contributed by atoms with Crippen LogP contribution in [0.3, 0.4) is 0 Å². The van der Waals surface area contributed by atoms with Gasteiger partial charge in [0.25, 0.3) is 5.76 Å². The van der Waals surface area contributed by atoms with E-state index in [0.29, 0.717) is 6.07 Å². The third-order valence-corrected chi connectivity index (χ3v) is 2.85. The van der Waals surface area contributed by atoms with Gasteiger partial charge in [0, 0.05) is 7.05 Å². The summed E-state index contributed by atoms with van der Waals surface area (Å²) >= 11 is 0. The van der Waals surface area contributed by atoms with Gasteiger partial charge >= 0.3 is 12.4 Å². The Hall–Kier alpha value is -2.32. The van der Waals surface area contributed by atoms with Crippen LogP contribution in [0.15, 0.2) is 28.7 Å². The number of anilines is 1. The van der Waals surface area contributed by atoms with Gasteiger partial charge in [-0.15, -0.1) is 0 Å². The van der Waals surface area contributed by atoms with Crippen LogP contribution in [0.1, 0.15) is 11.3 Å². The lowest BCUT2D eigenvalue weighted by Crippen LogP contribution is -2.04. The van der Waals surface area contributed by atoms with E-state index < -0.39 is 40.9 Å². The Morgan fingerprint density at radius 2 is 1.68 bits per heavy atom. The zero-order valence-electron chi connectivity index (χ0n) is 10.9. The zero-order chi connectivity index (χ0) is 16.7. The lowest BCUT2D eigenvalue weighted by atomic mass is 10.0. The maximum absolute atomic E-state index is 12.7. The van der Waals surface area contributed by atoms with E-state index >= 15 is 0 Å². The van der Waals surface area contributed by atoms with Crippen LogP contribution in [-0.4, -0.2) is 12.2 Å². The van der Waals surface area contributed by atoms with Crippen molar-refractivity contribution in [3.05, 3.63) is 35.6 Å². The van der Waals surface area contributed by atoms with Crippen LogP contribution >= 0.6 is 0 Å². The molecule has 2 N–H and O–H groups in total. The SMILES string of the molecule is CNc1oc(C(F)(F)F)c(O)c1-c1cccc(C(F)(F)F)c1. The van der Waals surface area contributed by atoms with Gasteiger partial charge in [-0.2, -0.15) is 26.3 Å². The minimum atomic E-state index is -4.98. The summed E-state index contributed by atoms with van der Waals surface area (Å²) in [6.07, 6.45) is -9.64. The average molecular weight is 325 g/mol. The third-order valence-electron chi connectivity index (χ3n) is 2.85. The van der Waals surface area contributed by atoms with Gasteiger partial charge in [0.1, 0.15) is 0 Å². The van der Waals surface area contributed by atoms with E-state index in [9.17, 15) is 31.4 Å². The molecule has 120 valence electrons. The Bertz CT molecular complexity index is 687. The molecule has 9 heteroatoms. The summed E-state index contributed by atoms with van der Waals surface area (Å²) < 4.78 is 80.6. The van der Waals surface area contributed by atoms with Gasteiger partial charge in [-0.3, -0.25) is 0 Å². The van der Waals surface area contributed by atoms with Crippen molar-refractivity contribution in [3.63, 3.8) is 0 Å². The highest BCUT2D eigenvalue weighted by molar-refractivity contribution is 5.81. The van der Waals surface area contributed by atoms with Crippen molar-refractivity contribution in [3.8, 4) is 16.9 Å². The van der Waals surface area contributed by atoms with Crippen LogP contribution in [0.4, 0.5) is 32.2 Å². The Kier molecular flexibility index (Phi) is 3.76. The maximum Gasteiger partial charge on any atom is 0.453 e. The molecule has 0 atom stereocenters. The molecular weight excluding hydrogens is 316 g/mol. The van der Waals surface area contributed by atoms with Crippen LogP contribution in [0.25, 0.3) is 11.1 Å². The van der Waals surface area contributed by atoms with E-state index in [-0.39, 0.29) is 5.56 Å². The number of hydrogen-bond donors (Lipinski definition) is 2. The smallest absolute Gasteiger partial charge is 0.453 e. The molecule has 0 aliphatic carbocycles. The monoisotopic (exact) mass is 325 g/mol. The average Bonchev–Trinajstić information content (AvgIpc) is 2.74. The van der Waals surface area contributed by atoms with E-state index in [1.54, 1.807) is 0 Å². The number of alkyl halides is 6. The summed E-state index contributed by atoms with van der Waals surface area (Å²) in [4.78, 5) is 0. The molecular formula is C13H9F6NO2. The van der Waals surface area contributed by atoms with Crippen molar-refractivity contribution in [1.82, 2.24) is 0 Å². The highest BCUT2D eigenvalue weighted by Gasteiger charge is 2.41. The molecule has 0 amide bonds. The molecule has 0 bridgehead atoms. The molecule has 0 aliphatic rings. The van der Waals surface area contributed by atoms with Crippen LogP contribution in [0, 0.1) is 0 Å². The summed E-state index contributed by atoms with van der Waals surface area (Å²) in [5.41, 5.74) is -1.79. The highest BCUT2D eigenvalue weighted by atomic mass is 19.4. The molecule has 2 rings (SSSR count). The molecule has 0 fully saturated rings. The Balaban J connectivity index is 2.65. The van der Waals surface area contributed by atoms with Gasteiger partial charge in [0.15, 0.2) is 5.75 Å². The van der Waals surface area contributed by atoms with E-state index in [4.69, 9.17) is 0 Å². The van der Waals surface area contributed by atoms with E-state index in [1.165, 1.54) is 7.05 Å². The number of rotatable bonds is 2. The van der Waals surface area contributed by atoms with Crippen molar-refractivity contribution in [2.75, 3.05) is 12.4 Å². The molecule has 0 saturated heterocycles. The second kappa shape index (κ2) is 5.15. The largest absolute Gasteiger partial charge is 0.504 e. The fourth-order valence-corrected chi connectivity index (χ4v) is 1.91. The zero-order valence-corrected chi connectivity index (χ0v) is 10.9. The number of hydrogen-bond acceptors (Lipinski definition) is 3. The van der Waals surface area contributed by atoms with Gasteiger partial charge in [-0.1, -0.05) is 12.1 Å². The van der Waals surface area contributed by atoms with Crippen LogP contribution in [0.5, 0.6) is 5.75 Å². The first-order valence-electron chi connectivity index (χ1n) is 5.84. The van der Waals surface area contributed by atoms with Gasteiger partial charge in [-0.25, -0.2) is 0 Å². The molecule has 3 nitrogen and oxygen atoms in total. The predicted molar refractivity (Wildman–Crippen MR) is 65.4 cm³/mol. The topological polar surface area (TPSA) is 45.4 Å². The molecule has 0 aliphatic heterocycles. The highest BCUT2D eigenvalue weighted by Crippen LogP contribution is 2.48. The molecule has 2 aromatic rings. The summed E-state index contributed by atoms with van der Waals surface area (Å²) in [5, 5.41) is 12.0. The number of nitrogens with one attached hydrogen (secondary N) is 1. The third kappa shape index (κ3) is 2.83. The fraction of sp³-hybridized carbons (Fsp3) is 0.231. The lowest BCUT2D eigenvalue weighted by molar-refractivity contribution is -0.153. The molecule has 0 spiro atoms. The van der Waals surface area contributed by atoms with E-state index in [0.717, 1.165) is 18.2 Å². The summed E-state index contributed by atoms with van der Waals surface area (Å²) in [7, 11) is 1.22. The quantitative estimate of drug-likeness (QED) is 0.785. The van der Waals surface area contributed by atoms with E-state index in [2.05, 4.69) is 9.73 Å². The van der Waals surface area contributed by atoms with E-state index in [1.807, 2.05) is 0 Å². The second-order valence-electron chi connectivity index (χ2n) is 4.31. The summed E-state index contributed by atoms with van der Waals surface area (Å²) in [6, 6.07) is 3.56. The molecule has 1 aromatic carbocycles. The van der Waals surface area contributed by atoms with Crippen molar-refractivity contribution >= 4 is 5.88 Å². The maximum atomic E-state index is 12.7. The molecule has 0 radical (unpaired) electrons. The van der Waals surface area contributed by atoms with Gasteiger partial charge in [-0.05, 0) is 17.7 Å². The first-order chi connectivity index (χ1) is 10.1. The minimum absolute atomic E-state index is 0.254. The van der Waals surface area contributed by atoms with Crippen molar-refractivity contribution in [1.29, 1.82) is 0 Å². The Labute approximate surface area is 120 Å². The summed E-state index contributed by atoms with van der Waals surface area (Å²) in [6.45, 7) is 0. The Morgan fingerprint density at radius 3 is 2.18 bits per heavy atom. The molecule has 1 aromatic heterocycles. The normalized spacial score (nSPS) is 12.5. The molecule has 0 saturated carbocycles. The van der Waals surface area contributed by atoms with Crippen molar-refractivity contribution in [2.24, 2.45) is 0 Å². The number of aromatic hydroxyl groups is 1. The molecule has 0 unspecified atom stereocenters. The van der Waals surface area contributed by atoms with Gasteiger partial charge in [0.05, 0.1) is 11.1 Å². The van der Waals surface area contributed by atoms with Crippen LogP contribution in [-0.2, 0) is 12.4 Å². The van der Waals surface area contributed by atoms with Crippen molar-refractivity contribution < 1.29 is 35.9 Å².